The Hall–Kier alpha value is -1.40. The third kappa shape index (κ3) is 10.2. The zero-order chi connectivity index (χ0) is 23.3. The van der Waals surface area contributed by atoms with Crippen LogP contribution in [0, 0.1) is 23.2 Å². The highest BCUT2D eigenvalue weighted by Gasteiger charge is 2.33. The molecule has 1 aliphatic carbocycles. The van der Waals surface area contributed by atoms with E-state index in [2.05, 4.69) is 13.5 Å². The summed E-state index contributed by atoms with van der Waals surface area (Å²) in [4.78, 5) is 24.6. The van der Waals surface area contributed by atoms with Gasteiger partial charge < -0.3 is 19.3 Å². The molecule has 0 aromatic carbocycles. The van der Waals surface area contributed by atoms with Crippen molar-refractivity contribution in [2.24, 2.45) is 23.2 Å². The first-order valence-corrected chi connectivity index (χ1v) is 12.0. The van der Waals surface area contributed by atoms with Gasteiger partial charge in [-0.05, 0) is 45.4 Å². The molecule has 0 radical (unpaired) electrons. The van der Waals surface area contributed by atoms with Gasteiger partial charge in [0.2, 0.25) is 0 Å². The van der Waals surface area contributed by atoms with Gasteiger partial charge in [-0.2, -0.15) is 0 Å². The Bertz CT molecular complexity index is 548. The van der Waals surface area contributed by atoms with Crippen molar-refractivity contribution < 1.29 is 28.9 Å². The second kappa shape index (κ2) is 14.6. The van der Waals surface area contributed by atoms with Crippen LogP contribution in [0.5, 0.6) is 0 Å². The molecule has 180 valence electrons. The summed E-state index contributed by atoms with van der Waals surface area (Å²) >= 11 is 0. The number of ether oxygens (including phenoxy) is 3. The summed E-state index contributed by atoms with van der Waals surface area (Å²) in [5.41, 5.74) is -0.650. The Morgan fingerprint density at radius 3 is 2.29 bits per heavy atom. The van der Waals surface area contributed by atoms with Gasteiger partial charge >= 0.3 is 11.9 Å². The topological polar surface area (TPSA) is 82.1 Å². The van der Waals surface area contributed by atoms with Gasteiger partial charge in [-0.3, -0.25) is 4.79 Å². The maximum Gasteiger partial charge on any atom is 0.335 e. The molecule has 0 aromatic heterocycles. The van der Waals surface area contributed by atoms with Gasteiger partial charge in [-0.25, -0.2) is 4.79 Å². The van der Waals surface area contributed by atoms with Gasteiger partial charge in [0.25, 0.3) is 0 Å². The maximum absolute atomic E-state index is 12.3. The van der Waals surface area contributed by atoms with Crippen molar-refractivity contribution in [3.05, 3.63) is 12.2 Å². The molecule has 0 saturated heterocycles. The quantitative estimate of drug-likeness (QED) is 0.226. The average Bonchev–Trinajstić information content (AvgIpc) is 2.77. The van der Waals surface area contributed by atoms with Gasteiger partial charge in [0.05, 0.1) is 37.4 Å². The number of esters is 2. The number of unbranched alkanes of at least 4 members (excludes halogenated alkanes) is 2. The minimum Gasteiger partial charge on any atom is -0.465 e. The third-order valence-corrected chi connectivity index (χ3v) is 6.35. The van der Waals surface area contributed by atoms with E-state index in [1.807, 2.05) is 6.92 Å². The van der Waals surface area contributed by atoms with Gasteiger partial charge in [0.1, 0.15) is 0 Å². The van der Waals surface area contributed by atoms with E-state index >= 15 is 0 Å². The van der Waals surface area contributed by atoms with Crippen molar-refractivity contribution in [1.29, 1.82) is 0 Å². The second-order valence-corrected chi connectivity index (χ2v) is 9.52. The smallest absolute Gasteiger partial charge is 0.335 e. The van der Waals surface area contributed by atoms with Crippen LogP contribution in [0.25, 0.3) is 0 Å². The SMILES string of the molecule is C=C(COCC)C(=O)OCC(COC(=O)C(C)(C)CO)C1CCC(CCCCC)CC1. The number of rotatable bonds is 15. The number of carbonyl (C=O) groups is 2. The van der Waals surface area contributed by atoms with Crippen LogP contribution >= 0.6 is 0 Å². The number of aliphatic hydroxyl groups is 1. The standard InChI is InChI=1S/C25H44O6/c1-6-8-9-10-20-11-13-21(14-12-20)22(17-31-24(28)25(4,5)18-26)16-30-23(27)19(3)15-29-7-2/h20-22,26H,3,6-18H2,1-2,4-5H3. The highest BCUT2D eigenvalue weighted by Crippen LogP contribution is 2.36. The van der Waals surface area contributed by atoms with Gasteiger partial charge in [0, 0.05) is 12.5 Å². The summed E-state index contributed by atoms with van der Waals surface area (Å²) in [5.74, 6) is 0.168. The summed E-state index contributed by atoms with van der Waals surface area (Å²) in [6.45, 7) is 11.9. The van der Waals surface area contributed by atoms with Crippen LogP contribution in [0.1, 0.15) is 79.1 Å². The van der Waals surface area contributed by atoms with E-state index in [0.717, 1.165) is 18.8 Å². The van der Waals surface area contributed by atoms with E-state index in [0.29, 0.717) is 18.1 Å². The van der Waals surface area contributed by atoms with E-state index in [9.17, 15) is 14.7 Å². The van der Waals surface area contributed by atoms with E-state index < -0.39 is 17.4 Å². The lowest BCUT2D eigenvalue weighted by Gasteiger charge is -2.34. The predicted molar refractivity (Wildman–Crippen MR) is 121 cm³/mol. The van der Waals surface area contributed by atoms with E-state index in [1.54, 1.807) is 13.8 Å². The summed E-state index contributed by atoms with van der Waals surface area (Å²) in [7, 11) is 0. The van der Waals surface area contributed by atoms with Crippen LogP contribution in [0.15, 0.2) is 12.2 Å². The molecular formula is C25H44O6. The highest BCUT2D eigenvalue weighted by atomic mass is 16.6. The van der Waals surface area contributed by atoms with Gasteiger partial charge in [-0.1, -0.05) is 52.0 Å². The molecule has 0 aromatic rings. The van der Waals surface area contributed by atoms with Crippen LogP contribution < -0.4 is 0 Å². The predicted octanol–water partition coefficient (Wildman–Crippen LogP) is 4.69. The summed E-state index contributed by atoms with van der Waals surface area (Å²) in [5, 5.41) is 9.41. The molecule has 0 bridgehead atoms. The zero-order valence-electron chi connectivity index (χ0n) is 20.1. The minimum atomic E-state index is -0.941. The van der Waals surface area contributed by atoms with Crippen molar-refractivity contribution in [2.45, 2.75) is 79.1 Å². The fourth-order valence-corrected chi connectivity index (χ4v) is 3.96. The fourth-order valence-electron chi connectivity index (χ4n) is 3.96. The number of hydrogen-bond acceptors (Lipinski definition) is 6. The number of hydrogen-bond donors (Lipinski definition) is 1. The van der Waals surface area contributed by atoms with Crippen LogP contribution in [-0.2, 0) is 23.8 Å². The molecule has 0 amide bonds. The zero-order valence-corrected chi connectivity index (χ0v) is 20.1. The molecule has 1 unspecified atom stereocenters. The van der Waals surface area contributed by atoms with Crippen LogP contribution in [0.3, 0.4) is 0 Å². The molecule has 31 heavy (non-hydrogen) atoms. The highest BCUT2D eigenvalue weighted by molar-refractivity contribution is 5.87. The van der Waals surface area contributed by atoms with Crippen molar-refractivity contribution >= 4 is 11.9 Å². The van der Waals surface area contributed by atoms with Crippen molar-refractivity contribution in [3.8, 4) is 0 Å². The molecule has 6 heteroatoms. The van der Waals surface area contributed by atoms with E-state index in [1.165, 1.54) is 38.5 Å². The fraction of sp³-hybridized carbons (Fsp3) is 0.840. The Kier molecular flexibility index (Phi) is 13.0. The van der Waals surface area contributed by atoms with Crippen molar-refractivity contribution in [1.82, 2.24) is 0 Å². The monoisotopic (exact) mass is 440 g/mol. The molecule has 0 heterocycles. The maximum atomic E-state index is 12.3. The first-order chi connectivity index (χ1) is 14.7. The van der Waals surface area contributed by atoms with E-state index in [-0.39, 0.29) is 32.3 Å². The first kappa shape index (κ1) is 27.6. The third-order valence-electron chi connectivity index (χ3n) is 6.35. The molecule has 6 nitrogen and oxygen atoms in total. The number of aliphatic hydroxyl groups excluding tert-OH is 1. The molecule has 0 spiro atoms. The number of carbonyl (C=O) groups excluding carboxylic acids is 2. The lowest BCUT2D eigenvalue weighted by Crippen LogP contribution is -2.35. The lowest BCUT2D eigenvalue weighted by atomic mass is 9.75. The molecule has 1 N–H and O–H groups in total. The molecule has 1 fully saturated rings. The van der Waals surface area contributed by atoms with Crippen LogP contribution in [0.2, 0.25) is 0 Å². The minimum absolute atomic E-state index is 0.0566. The normalized spacial score (nSPS) is 20.2. The Morgan fingerprint density at radius 1 is 1.06 bits per heavy atom. The average molecular weight is 441 g/mol. The molecule has 1 rings (SSSR count). The molecule has 1 saturated carbocycles. The van der Waals surface area contributed by atoms with Crippen LogP contribution in [0.4, 0.5) is 0 Å². The molecule has 1 atom stereocenters. The Balaban J connectivity index is 2.65. The molecule has 1 aliphatic rings. The first-order valence-electron chi connectivity index (χ1n) is 12.0. The summed E-state index contributed by atoms with van der Waals surface area (Å²) in [6, 6.07) is 0. The Morgan fingerprint density at radius 2 is 1.71 bits per heavy atom. The lowest BCUT2D eigenvalue weighted by molar-refractivity contribution is -0.159. The van der Waals surface area contributed by atoms with Crippen molar-refractivity contribution in [3.63, 3.8) is 0 Å². The molecular weight excluding hydrogens is 396 g/mol. The second-order valence-electron chi connectivity index (χ2n) is 9.52. The van der Waals surface area contributed by atoms with Gasteiger partial charge in [-0.15, -0.1) is 0 Å². The Labute approximate surface area is 188 Å². The summed E-state index contributed by atoms with van der Waals surface area (Å²) < 4.78 is 16.3. The van der Waals surface area contributed by atoms with E-state index in [4.69, 9.17) is 14.2 Å². The van der Waals surface area contributed by atoms with Crippen LogP contribution in [-0.4, -0.2) is 50.1 Å². The largest absolute Gasteiger partial charge is 0.465 e. The van der Waals surface area contributed by atoms with Gasteiger partial charge in [0.15, 0.2) is 0 Å². The van der Waals surface area contributed by atoms with Crippen molar-refractivity contribution in [2.75, 3.05) is 33.0 Å². The summed E-state index contributed by atoms with van der Waals surface area (Å²) in [6.07, 6.45) is 9.57. The molecule has 0 aliphatic heterocycles.